The summed E-state index contributed by atoms with van der Waals surface area (Å²) in [4.78, 5) is 8.08. The van der Waals surface area contributed by atoms with Gasteiger partial charge in [-0.25, -0.2) is 0 Å². The maximum absolute atomic E-state index is 9.37. The molecule has 0 bridgehead atoms. The molecule has 0 spiro atoms. The van der Waals surface area contributed by atoms with Crippen molar-refractivity contribution in [3.8, 4) is 28.3 Å². The number of rotatable bonds is 2. The predicted octanol–water partition coefficient (Wildman–Crippen LogP) is 3.68. The van der Waals surface area contributed by atoms with E-state index in [-0.39, 0.29) is 0 Å². The summed E-state index contributed by atoms with van der Waals surface area (Å²) in [6, 6.07) is 15.7. The molecule has 0 aliphatic rings. The van der Waals surface area contributed by atoms with E-state index in [0.717, 1.165) is 22.3 Å². The molecule has 20 heavy (non-hydrogen) atoms. The Labute approximate surface area is 117 Å². The second-order valence-electron chi connectivity index (χ2n) is 4.31. The predicted molar refractivity (Wildman–Crippen MR) is 77.6 cm³/mol. The molecule has 3 nitrogen and oxygen atoms in total. The van der Waals surface area contributed by atoms with Crippen molar-refractivity contribution in [2.45, 2.75) is 0 Å². The van der Waals surface area contributed by atoms with Gasteiger partial charge >= 0.3 is 0 Å². The SMILES string of the molecule is N#Cc1cccc(-c2ccncc2)c1-c1ccncc1. The third-order valence-corrected chi connectivity index (χ3v) is 3.15. The van der Waals surface area contributed by atoms with Crippen LogP contribution in [-0.4, -0.2) is 9.97 Å². The van der Waals surface area contributed by atoms with Gasteiger partial charge in [-0.15, -0.1) is 0 Å². The first-order valence-electron chi connectivity index (χ1n) is 6.24. The number of nitriles is 1. The van der Waals surface area contributed by atoms with Gasteiger partial charge in [-0.05, 0) is 47.0 Å². The molecule has 2 heterocycles. The van der Waals surface area contributed by atoms with Crippen molar-refractivity contribution in [2.75, 3.05) is 0 Å². The Morgan fingerprint density at radius 2 is 1.35 bits per heavy atom. The molecule has 0 saturated carbocycles. The molecule has 0 aliphatic heterocycles. The van der Waals surface area contributed by atoms with Crippen LogP contribution in [0.2, 0.25) is 0 Å². The lowest BCUT2D eigenvalue weighted by Crippen LogP contribution is -1.90. The molecule has 0 amide bonds. The lowest BCUT2D eigenvalue weighted by Gasteiger charge is -2.11. The van der Waals surface area contributed by atoms with Gasteiger partial charge in [-0.1, -0.05) is 12.1 Å². The standard InChI is InChI=1S/C17H11N3/c18-12-15-2-1-3-16(13-4-8-19-9-5-13)17(15)14-6-10-20-11-7-14/h1-11H. The van der Waals surface area contributed by atoms with Crippen LogP contribution in [0, 0.1) is 11.3 Å². The van der Waals surface area contributed by atoms with E-state index in [2.05, 4.69) is 16.0 Å². The smallest absolute Gasteiger partial charge is 0.0998 e. The molecule has 0 radical (unpaired) electrons. The Kier molecular flexibility index (Phi) is 3.22. The first-order valence-corrected chi connectivity index (χ1v) is 6.24. The molecule has 1 aromatic carbocycles. The van der Waals surface area contributed by atoms with Crippen molar-refractivity contribution < 1.29 is 0 Å². The van der Waals surface area contributed by atoms with Gasteiger partial charge in [-0.3, -0.25) is 9.97 Å². The van der Waals surface area contributed by atoms with Gasteiger partial charge in [0.25, 0.3) is 0 Å². The quantitative estimate of drug-likeness (QED) is 0.703. The van der Waals surface area contributed by atoms with Crippen molar-refractivity contribution in [1.82, 2.24) is 9.97 Å². The monoisotopic (exact) mass is 257 g/mol. The highest BCUT2D eigenvalue weighted by atomic mass is 14.6. The Hall–Kier alpha value is -2.99. The van der Waals surface area contributed by atoms with Gasteiger partial charge in [0.05, 0.1) is 11.6 Å². The van der Waals surface area contributed by atoms with E-state index in [9.17, 15) is 5.26 Å². The molecule has 3 heteroatoms. The number of aromatic nitrogens is 2. The molecule has 2 aromatic heterocycles. The maximum atomic E-state index is 9.37. The second kappa shape index (κ2) is 5.33. The van der Waals surface area contributed by atoms with E-state index in [1.54, 1.807) is 24.8 Å². The van der Waals surface area contributed by atoms with E-state index in [0.29, 0.717) is 5.56 Å². The van der Waals surface area contributed by atoms with Crippen molar-refractivity contribution in [3.63, 3.8) is 0 Å². The molecule has 0 atom stereocenters. The highest BCUT2D eigenvalue weighted by Gasteiger charge is 2.11. The second-order valence-corrected chi connectivity index (χ2v) is 4.31. The van der Waals surface area contributed by atoms with Crippen molar-refractivity contribution in [3.05, 3.63) is 72.8 Å². The van der Waals surface area contributed by atoms with Gasteiger partial charge in [0, 0.05) is 30.4 Å². The fourth-order valence-electron chi connectivity index (χ4n) is 2.25. The van der Waals surface area contributed by atoms with Crippen LogP contribution >= 0.6 is 0 Å². The average molecular weight is 257 g/mol. The van der Waals surface area contributed by atoms with Gasteiger partial charge in [0.1, 0.15) is 0 Å². The maximum Gasteiger partial charge on any atom is 0.0998 e. The number of benzene rings is 1. The zero-order valence-corrected chi connectivity index (χ0v) is 10.7. The number of hydrogen-bond donors (Lipinski definition) is 0. The lowest BCUT2D eigenvalue weighted by molar-refractivity contribution is 1.32. The topological polar surface area (TPSA) is 49.6 Å². The van der Waals surface area contributed by atoms with E-state index < -0.39 is 0 Å². The van der Waals surface area contributed by atoms with Gasteiger partial charge in [0.2, 0.25) is 0 Å². The van der Waals surface area contributed by atoms with Gasteiger partial charge in [-0.2, -0.15) is 5.26 Å². The van der Waals surface area contributed by atoms with Crippen LogP contribution in [0.1, 0.15) is 5.56 Å². The fourth-order valence-corrected chi connectivity index (χ4v) is 2.25. The zero-order chi connectivity index (χ0) is 13.8. The molecule has 0 saturated heterocycles. The Morgan fingerprint density at radius 1 is 0.750 bits per heavy atom. The van der Waals surface area contributed by atoms with Crippen molar-refractivity contribution >= 4 is 0 Å². The molecule has 0 aliphatic carbocycles. The summed E-state index contributed by atoms with van der Waals surface area (Å²) in [6.07, 6.45) is 6.98. The number of pyridine rings is 2. The van der Waals surface area contributed by atoms with Crippen LogP contribution in [0.15, 0.2) is 67.3 Å². The van der Waals surface area contributed by atoms with Gasteiger partial charge in [0.15, 0.2) is 0 Å². The zero-order valence-electron chi connectivity index (χ0n) is 10.7. The summed E-state index contributed by atoms with van der Waals surface area (Å²) in [6.45, 7) is 0. The molecule has 0 fully saturated rings. The van der Waals surface area contributed by atoms with Crippen LogP contribution in [0.4, 0.5) is 0 Å². The molecule has 3 aromatic rings. The summed E-state index contributed by atoms with van der Waals surface area (Å²) in [5.74, 6) is 0. The molecule has 0 unspecified atom stereocenters. The first kappa shape index (κ1) is 12.1. The number of nitrogens with zero attached hydrogens (tertiary/aromatic N) is 3. The van der Waals surface area contributed by atoms with E-state index >= 15 is 0 Å². The third kappa shape index (κ3) is 2.15. The van der Waals surface area contributed by atoms with Crippen LogP contribution < -0.4 is 0 Å². The van der Waals surface area contributed by atoms with Crippen LogP contribution in [0.3, 0.4) is 0 Å². The summed E-state index contributed by atoms with van der Waals surface area (Å²) in [5, 5.41) is 9.37. The van der Waals surface area contributed by atoms with E-state index in [1.807, 2.05) is 42.5 Å². The largest absolute Gasteiger partial charge is 0.265 e. The number of hydrogen-bond acceptors (Lipinski definition) is 3. The Balaban J connectivity index is 2.30. The Bertz CT molecular complexity index is 759. The summed E-state index contributed by atoms with van der Waals surface area (Å²) >= 11 is 0. The first-order chi connectivity index (χ1) is 9.90. The minimum Gasteiger partial charge on any atom is -0.265 e. The van der Waals surface area contributed by atoms with E-state index in [4.69, 9.17) is 0 Å². The van der Waals surface area contributed by atoms with E-state index in [1.165, 1.54) is 0 Å². The van der Waals surface area contributed by atoms with Crippen LogP contribution in [0.25, 0.3) is 22.3 Å². The third-order valence-electron chi connectivity index (χ3n) is 3.15. The summed E-state index contributed by atoms with van der Waals surface area (Å²) in [7, 11) is 0. The molecule has 94 valence electrons. The Morgan fingerprint density at radius 3 is 1.95 bits per heavy atom. The van der Waals surface area contributed by atoms with Crippen molar-refractivity contribution in [1.29, 1.82) is 5.26 Å². The van der Waals surface area contributed by atoms with Crippen molar-refractivity contribution in [2.24, 2.45) is 0 Å². The van der Waals surface area contributed by atoms with Crippen LogP contribution in [-0.2, 0) is 0 Å². The summed E-state index contributed by atoms with van der Waals surface area (Å²) < 4.78 is 0. The highest BCUT2D eigenvalue weighted by Crippen LogP contribution is 2.34. The minimum atomic E-state index is 0.658. The summed E-state index contributed by atoms with van der Waals surface area (Å²) in [5.41, 5.74) is 4.65. The molecule has 3 rings (SSSR count). The molecule has 0 N–H and O–H groups in total. The molecular formula is C17H11N3. The molecular weight excluding hydrogens is 246 g/mol. The van der Waals surface area contributed by atoms with Gasteiger partial charge < -0.3 is 0 Å². The fraction of sp³-hybridized carbons (Fsp3) is 0. The highest BCUT2D eigenvalue weighted by molar-refractivity contribution is 5.86. The average Bonchev–Trinajstić information content (AvgIpc) is 2.55. The van der Waals surface area contributed by atoms with Crippen LogP contribution in [0.5, 0.6) is 0 Å². The lowest BCUT2D eigenvalue weighted by atomic mass is 9.92. The normalized spacial score (nSPS) is 9.95. The minimum absolute atomic E-state index is 0.658.